The molecule has 0 aliphatic carbocycles. The third-order valence-electron chi connectivity index (χ3n) is 3.71. The van der Waals surface area contributed by atoms with Gasteiger partial charge in [0.05, 0.1) is 6.54 Å². The molecule has 6 heteroatoms. The molecule has 2 amide bonds. The van der Waals surface area contributed by atoms with Gasteiger partial charge in [0, 0.05) is 34.1 Å². The van der Waals surface area contributed by atoms with Gasteiger partial charge in [0.15, 0.2) is 0 Å². The maximum Gasteiger partial charge on any atom is 0.251 e. The lowest BCUT2D eigenvalue weighted by atomic mass is 10.1. The molecule has 25 heavy (non-hydrogen) atoms. The number of anilines is 1. The molecule has 0 spiro atoms. The Bertz CT molecular complexity index is 798. The minimum Gasteiger partial charge on any atom is -0.343 e. The van der Waals surface area contributed by atoms with Gasteiger partial charge in [-0.1, -0.05) is 30.3 Å². The molecule has 2 aromatic rings. The largest absolute Gasteiger partial charge is 0.343 e. The Morgan fingerprint density at radius 2 is 1.68 bits per heavy atom. The van der Waals surface area contributed by atoms with Crippen LogP contribution in [-0.2, 0) is 21.3 Å². The monoisotopic (exact) mass is 358 g/mol. The van der Waals surface area contributed by atoms with Crippen LogP contribution in [0.25, 0.3) is 0 Å². The highest BCUT2D eigenvalue weighted by atomic mass is 32.2. The quantitative estimate of drug-likeness (QED) is 0.833. The lowest BCUT2D eigenvalue weighted by Crippen LogP contribution is -2.33. The zero-order valence-corrected chi connectivity index (χ0v) is 15.4. The summed E-state index contributed by atoms with van der Waals surface area (Å²) >= 11 is 0. The number of amides is 2. The van der Waals surface area contributed by atoms with Crippen molar-refractivity contribution in [2.45, 2.75) is 19.6 Å². The number of benzene rings is 2. The van der Waals surface area contributed by atoms with Gasteiger partial charge in [-0.3, -0.25) is 13.8 Å². The van der Waals surface area contributed by atoms with Gasteiger partial charge < -0.3 is 10.6 Å². The number of para-hydroxylation sites is 1. The Labute approximate surface area is 150 Å². The highest BCUT2D eigenvalue weighted by molar-refractivity contribution is 7.83. The number of rotatable bonds is 6. The first-order valence-corrected chi connectivity index (χ1v) is 9.63. The van der Waals surface area contributed by atoms with Gasteiger partial charge in [0.2, 0.25) is 5.91 Å². The molecule has 0 aliphatic rings. The fourth-order valence-electron chi connectivity index (χ4n) is 2.49. The first-order valence-electron chi connectivity index (χ1n) is 7.90. The molecule has 132 valence electrons. The normalized spacial score (nSPS) is 11.6. The summed E-state index contributed by atoms with van der Waals surface area (Å²) in [6.45, 7) is 3.73. The first kappa shape index (κ1) is 18.9. The number of nitrogens with one attached hydrogen (secondary N) is 2. The minimum atomic E-state index is -0.972. The van der Waals surface area contributed by atoms with Crippen molar-refractivity contribution >= 4 is 28.3 Å². The van der Waals surface area contributed by atoms with Crippen molar-refractivity contribution in [3.8, 4) is 0 Å². The third-order valence-corrected chi connectivity index (χ3v) is 4.45. The number of carbonyl (C=O) groups is 2. The average Bonchev–Trinajstić information content (AvgIpc) is 2.56. The van der Waals surface area contributed by atoms with E-state index >= 15 is 0 Å². The topological polar surface area (TPSA) is 75.3 Å². The molecule has 1 unspecified atom stereocenters. The van der Waals surface area contributed by atoms with Crippen LogP contribution in [0.2, 0.25) is 0 Å². The number of aryl methyl sites for hydroxylation is 2. The molecule has 0 saturated carbocycles. The second-order valence-electron chi connectivity index (χ2n) is 5.92. The van der Waals surface area contributed by atoms with Crippen LogP contribution >= 0.6 is 0 Å². The molecule has 0 aliphatic heterocycles. The molecule has 2 N–H and O–H groups in total. The molecular weight excluding hydrogens is 336 g/mol. The molecule has 0 radical (unpaired) electrons. The highest BCUT2D eigenvalue weighted by Crippen LogP contribution is 2.19. The summed E-state index contributed by atoms with van der Waals surface area (Å²) in [5, 5.41) is 5.44. The van der Waals surface area contributed by atoms with Crippen LogP contribution in [0.1, 0.15) is 27.0 Å². The van der Waals surface area contributed by atoms with E-state index in [-0.39, 0.29) is 18.4 Å². The number of hydrogen-bond donors (Lipinski definition) is 2. The van der Waals surface area contributed by atoms with Gasteiger partial charge in [-0.2, -0.15) is 0 Å². The van der Waals surface area contributed by atoms with Crippen LogP contribution < -0.4 is 10.6 Å². The summed E-state index contributed by atoms with van der Waals surface area (Å²) in [6, 6.07) is 12.7. The summed E-state index contributed by atoms with van der Waals surface area (Å²) < 4.78 is 11.3. The smallest absolute Gasteiger partial charge is 0.251 e. The van der Waals surface area contributed by atoms with Crippen molar-refractivity contribution < 1.29 is 13.8 Å². The summed E-state index contributed by atoms with van der Waals surface area (Å²) in [5.41, 5.74) is 3.99. The van der Waals surface area contributed by atoms with E-state index < -0.39 is 10.8 Å². The molecular formula is C19H22N2O3S. The van der Waals surface area contributed by atoms with E-state index in [1.165, 1.54) is 0 Å². The van der Waals surface area contributed by atoms with E-state index in [0.717, 1.165) is 22.4 Å². The van der Waals surface area contributed by atoms with E-state index in [2.05, 4.69) is 10.6 Å². The summed E-state index contributed by atoms with van der Waals surface area (Å²) in [7, 11) is -0.972. The van der Waals surface area contributed by atoms with Crippen LogP contribution in [0.3, 0.4) is 0 Å². The van der Waals surface area contributed by atoms with Gasteiger partial charge >= 0.3 is 0 Å². The third kappa shape index (κ3) is 5.53. The Kier molecular flexibility index (Phi) is 6.47. The van der Waals surface area contributed by atoms with Crippen LogP contribution in [0, 0.1) is 13.8 Å². The molecule has 1 atom stereocenters. The molecule has 2 rings (SSSR count). The fourth-order valence-corrected chi connectivity index (χ4v) is 3.14. The molecule has 0 bridgehead atoms. The van der Waals surface area contributed by atoms with Gasteiger partial charge in [0.1, 0.15) is 0 Å². The van der Waals surface area contributed by atoms with E-state index in [1.807, 2.05) is 38.1 Å². The van der Waals surface area contributed by atoms with Crippen LogP contribution in [0.5, 0.6) is 0 Å². The molecule has 0 saturated heterocycles. The predicted molar refractivity (Wildman–Crippen MR) is 101 cm³/mol. The Morgan fingerprint density at radius 1 is 1.04 bits per heavy atom. The highest BCUT2D eigenvalue weighted by Gasteiger charge is 2.11. The fraction of sp³-hybridized carbons (Fsp3) is 0.263. The lowest BCUT2D eigenvalue weighted by Gasteiger charge is -2.12. The van der Waals surface area contributed by atoms with Crippen molar-refractivity contribution in [2.24, 2.45) is 0 Å². The van der Waals surface area contributed by atoms with Crippen LogP contribution in [-0.4, -0.2) is 28.8 Å². The van der Waals surface area contributed by atoms with E-state index in [9.17, 15) is 13.8 Å². The van der Waals surface area contributed by atoms with Crippen molar-refractivity contribution in [1.29, 1.82) is 0 Å². The average molecular weight is 358 g/mol. The Balaban J connectivity index is 1.95. The number of hydrogen-bond acceptors (Lipinski definition) is 3. The molecule has 5 nitrogen and oxygen atoms in total. The molecule has 0 aromatic heterocycles. The van der Waals surface area contributed by atoms with Crippen LogP contribution in [0.4, 0.5) is 5.69 Å². The summed E-state index contributed by atoms with van der Waals surface area (Å²) in [6.07, 6.45) is 1.62. The summed E-state index contributed by atoms with van der Waals surface area (Å²) in [4.78, 5) is 24.3. The Hall–Kier alpha value is -2.47. The Morgan fingerprint density at radius 3 is 2.32 bits per heavy atom. The maximum atomic E-state index is 12.2. The molecule has 2 aromatic carbocycles. The van der Waals surface area contributed by atoms with E-state index in [0.29, 0.717) is 11.3 Å². The van der Waals surface area contributed by atoms with Gasteiger partial charge in [-0.05, 0) is 42.7 Å². The zero-order valence-electron chi connectivity index (χ0n) is 14.6. The minimum absolute atomic E-state index is 0.115. The second-order valence-corrected chi connectivity index (χ2v) is 7.35. The molecule has 0 heterocycles. The van der Waals surface area contributed by atoms with Gasteiger partial charge in [0.25, 0.3) is 5.91 Å². The van der Waals surface area contributed by atoms with Crippen LogP contribution in [0.15, 0.2) is 42.5 Å². The zero-order chi connectivity index (χ0) is 18.4. The van der Waals surface area contributed by atoms with Crippen molar-refractivity contribution in [3.63, 3.8) is 0 Å². The first-order chi connectivity index (χ1) is 11.9. The van der Waals surface area contributed by atoms with E-state index in [1.54, 1.807) is 24.5 Å². The predicted octanol–water partition coefficient (Wildman–Crippen LogP) is 2.55. The van der Waals surface area contributed by atoms with E-state index in [4.69, 9.17) is 0 Å². The maximum absolute atomic E-state index is 12.2. The molecule has 0 fully saturated rings. The second kappa shape index (κ2) is 8.58. The van der Waals surface area contributed by atoms with Crippen molar-refractivity contribution in [3.05, 3.63) is 64.7 Å². The van der Waals surface area contributed by atoms with Crippen molar-refractivity contribution in [1.82, 2.24) is 5.32 Å². The van der Waals surface area contributed by atoms with Gasteiger partial charge in [-0.25, -0.2) is 0 Å². The van der Waals surface area contributed by atoms with Gasteiger partial charge in [-0.15, -0.1) is 0 Å². The standard InChI is InChI=1S/C19H22N2O3S/c1-13-6-4-7-14(2)18(13)21-17(22)11-20-19(23)16-9-5-8-15(10-16)12-25(3)24/h4-10H,11-12H2,1-3H3,(H,20,23)(H,21,22). The lowest BCUT2D eigenvalue weighted by molar-refractivity contribution is -0.115. The van der Waals surface area contributed by atoms with Crippen molar-refractivity contribution in [2.75, 3.05) is 18.1 Å². The SMILES string of the molecule is Cc1cccc(C)c1NC(=O)CNC(=O)c1cccc(CS(C)=O)c1. The number of carbonyl (C=O) groups excluding carboxylic acids is 2. The summed E-state index contributed by atoms with van der Waals surface area (Å²) in [5.74, 6) is -0.217.